The Morgan fingerprint density at radius 3 is 1.81 bits per heavy atom. The summed E-state index contributed by atoms with van der Waals surface area (Å²) >= 11 is 0. The molecule has 12 N–H and O–H groups in total. The van der Waals surface area contributed by atoms with Crippen molar-refractivity contribution in [3.05, 3.63) is 0 Å². The van der Waals surface area contributed by atoms with Gasteiger partial charge in [0.2, 0.25) is 0 Å². The van der Waals surface area contributed by atoms with E-state index in [0.717, 1.165) is 0 Å². The molecule has 0 spiro atoms. The Bertz CT molecular complexity index is 687. The molecule has 0 bridgehead atoms. The normalized spacial score (nSPS) is 47.2. The van der Waals surface area contributed by atoms with Crippen molar-refractivity contribution >= 4 is 0 Å². The topological polar surface area (TPSA) is 216 Å². The van der Waals surface area contributed by atoms with Gasteiger partial charge in [0.25, 0.3) is 0 Å². The Labute approximate surface area is 218 Å². The van der Waals surface area contributed by atoms with Crippen LogP contribution in [0.3, 0.4) is 0 Å². The molecule has 218 valence electrons. The van der Waals surface area contributed by atoms with Crippen LogP contribution in [0.1, 0.15) is 12.8 Å². The molecule has 0 radical (unpaired) electrons. The Hall–Kier alpha value is -0.600. The van der Waals surface area contributed by atoms with E-state index in [4.69, 9.17) is 24.8 Å². The van der Waals surface area contributed by atoms with Gasteiger partial charge in [-0.15, -0.1) is 0 Å². The Kier molecular flexibility index (Phi) is 11.8. The average molecular weight is 538 g/mol. The van der Waals surface area contributed by atoms with Crippen molar-refractivity contribution in [3.8, 4) is 0 Å². The smallest absolute Gasteiger partial charge is 0.186 e. The maximum Gasteiger partial charge on any atom is 0.186 e. The summed E-state index contributed by atoms with van der Waals surface area (Å²) in [5, 5.41) is 58.7. The van der Waals surface area contributed by atoms with Gasteiger partial charge in [0.05, 0.1) is 24.3 Å². The van der Waals surface area contributed by atoms with Gasteiger partial charge in [-0.25, -0.2) is 0 Å². The number of aliphatic hydroxyl groups excluding tert-OH is 4. The van der Waals surface area contributed by atoms with Crippen molar-refractivity contribution in [2.45, 2.75) is 98.5 Å². The minimum atomic E-state index is -1.21. The molecule has 1 aliphatic carbocycles. The van der Waals surface area contributed by atoms with Gasteiger partial charge in [0, 0.05) is 18.6 Å². The van der Waals surface area contributed by atoms with Crippen molar-refractivity contribution in [3.63, 3.8) is 0 Å². The number of nitrogens with two attached hydrogens (primary N) is 1. The molecule has 0 aromatic rings. The summed E-state index contributed by atoms with van der Waals surface area (Å²) in [4.78, 5) is 0. The molecular formula is C22H47N7O8. The molecule has 3 fully saturated rings. The van der Waals surface area contributed by atoms with E-state index in [2.05, 4.69) is 32.0 Å². The molecule has 0 aromatic carbocycles. The minimum Gasteiger partial charge on any atom is -0.389 e. The average Bonchev–Trinajstić information content (AvgIpc) is 2.89. The van der Waals surface area contributed by atoms with Crippen LogP contribution in [0, 0.1) is 0 Å². The molecular weight excluding hydrogens is 490 g/mol. The van der Waals surface area contributed by atoms with Gasteiger partial charge >= 0.3 is 0 Å². The summed E-state index contributed by atoms with van der Waals surface area (Å²) in [6.07, 6.45) is -8.05. The quantitative estimate of drug-likeness (QED) is 0.0875. The van der Waals surface area contributed by atoms with E-state index < -0.39 is 67.6 Å². The second kappa shape index (κ2) is 14.2. The number of aliphatic hydroxyl groups is 4. The molecule has 2 heterocycles. The lowest BCUT2D eigenvalue weighted by Crippen LogP contribution is -2.69. The highest BCUT2D eigenvalue weighted by atomic mass is 16.7. The van der Waals surface area contributed by atoms with Gasteiger partial charge in [-0.2, -0.15) is 0 Å². The molecule has 0 amide bonds. The fourth-order valence-electron chi connectivity index (χ4n) is 5.57. The lowest BCUT2D eigenvalue weighted by molar-refractivity contribution is -0.317. The van der Waals surface area contributed by atoms with Gasteiger partial charge in [-0.1, -0.05) is 0 Å². The van der Waals surface area contributed by atoms with E-state index in [-0.39, 0.29) is 24.7 Å². The third-order valence-corrected chi connectivity index (χ3v) is 7.76. The van der Waals surface area contributed by atoms with Crippen LogP contribution in [-0.4, -0.2) is 148 Å². The first-order chi connectivity index (χ1) is 17.7. The van der Waals surface area contributed by atoms with E-state index in [0.29, 0.717) is 12.8 Å². The fraction of sp³-hybridized carbons (Fsp3) is 1.00. The van der Waals surface area contributed by atoms with E-state index in [1.54, 1.807) is 35.2 Å². The summed E-state index contributed by atoms with van der Waals surface area (Å²) in [6.45, 7) is 0.130. The predicted octanol–water partition coefficient (Wildman–Crippen LogP) is -5.56. The molecule has 15 nitrogen and oxygen atoms in total. The first-order valence-corrected chi connectivity index (χ1v) is 12.9. The Morgan fingerprint density at radius 1 is 0.703 bits per heavy atom. The molecule has 3 rings (SSSR count). The van der Waals surface area contributed by atoms with E-state index in [1.807, 2.05) is 0 Å². The highest BCUT2D eigenvalue weighted by Gasteiger charge is 2.51. The Balaban J connectivity index is 1.80. The molecule has 14 atom stereocenters. The molecule has 14 unspecified atom stereocenters. The fourth-order valence-corrected chi connectivity index (χ4v) is 5.57. The third kappa shape index (κ3) is 6.77. The number of hydrazine groups is 1. The van der Waals surface area contributed by atoms with E-state index in [1.165, 1.54) is 0 Å². The standard InChI is InChI=1S/C22H47N7O8/c1-24-9-6-10(25-2)19(36-22-16(32)14(27-4)15(31)13(34-22)8-29-23)17(33)18(9)35-21-11(26-3)7-12(30)20(28-5)37-21/h9-22,24-33H,6-8,23H2,1-5H3. The van der Waals surface area contributed by atoms with Crippen molar-refractivity contribution in [2.75, 3.05) is 41.8 Å². The summed E-state index contributed by atoms with van der Waals surface area (Å²) in [6, 6.07) is -1.61. The SMILES string of the molecule is CNC1CC(O)C(NC)OC1OC1C(NC)CC(NC)C(OC2OC(CNN)C(O)C(NC)C2O)C1O. The molecule has 0 aromatic heterocycles. The molecule has 2 aliphatic heterocycles. The van der Waals surface area contributed by atoms with Crippen LogP contribution in [0.25, 0.3) is 0 Å². The number of rotatable bonds is 11. The second-order valence-corrected chi connectivity index (χ2v) is 9.88. The van der Waals surface area contributed by atoms with E-state index in [9.17, 15) is 20.4 Å². The van der Waals surface area contributed by atoms with Gasteiger partial charge in [-0.3, -0.25) is 16.6 Å². The predicted molar refractivity (Wildman–Crippen MR) is 133 cm³/mol. The van der Waals surface area contributed by atoms with Crippen LogP contribution in [-0.2, 0) is 18.9 Å². The second-order valence-electron chi connectivity index (χ2n) is 9.88. The first kappa shape index (κ1) is 30.9. The number of ether oxygens (including phenoxy) is 4. The van der Waals surface area contributed by atoms with Gasteiger partial charge < -0.3 is 60.6 Å². The van der Waals surface area contributed by atoms with Crippen molar-refractivity contribution < 1.29 is 39.4 Å². The molecule has 1 saturated carbocycles. The van der Waals surface area contributed by atoms with Gasteiger partial charge in [0.1, 0.15) is 36.7 Å². The van der Waals surface area contributed by atoms with Crippen molar-refractivity contribution in [2.24, 2.45) is 5.84 Å². The largest absolute Gasteiger partial charge is 0.389 e. The molecule has 15 heteroatoms. The van der Waals surface area contributed by atoms with Crippen LogP contribution in [0.4, 0.5) is 0 Å². The van der Waals surface area contributed by atoms with Crippen LogP contribution in [0.15, 0.2) is 0 Å². The maximum absolute atomic E-state index is 11.6. The summed E-state index contributed by atoms with van der Waals surface area (Å²) in [5.74, 6) is 5.45. The summed E-state index contributed by atoms with van der Waals surface area (Å²) < 4.78 is 24.4. The van der Waals surface area contributed by atoms with Crippen molar-refractivity contribution in [1.29, 1.82) is 0 Å². The first-order valence-electron chi connectivity index (χ1n) is 12.9. The maximum atomic E-state index is 11.6. The van der Waals surface area contributed by atoms with E-state index >= 15 is 0 Å². The highest BCUT2D eigenvalue weighted by Crippen LogP contribution is 2.32. The summed E-state index contributed by atoms with van der Waals surface area (Å²) in [7, 11) is 8.62. The molecule has 2 saturated heterocycles. The van der Waals surface area contributed by atoms with Gasteiger partial charge in [-0.05, 0) is 48.1 Å². The van der Waals surface area contributed by atoms with Crippen LogP contribution >= 0.6 is 0 Å². The van der Waals surface area contributed by atoms with Crippen LogP contribution < -0.4 is 37.9 Å². The number of hydrogen-bond donors (Lipinski definition) is 11. The lowest BCUT2D eigenvalue weighted by Gasteiger charge is -2.49. The number of nitrogens with one attached hydrogen (secondary N) is 6. The minimum absolute atomic E-state index is 0.130. The monoisotopic (exact) mass is 537 g/mol. The van der Waals surface area contributed by atoms with Gasteiger partial charge in [0.15, 0.2) is 12.6 Å². The number of likely N-dealkylation sites (N-methyl/N-ethyl adjacent to an activating group) is 5. The zero-order valence-electron chi connectivity index (χ0n) is 22.2. The molecule has 3 aliphatic rings. The highest BCUT2D eigenvalue weighted by molar-refractivity contribution is 5.02. The zero-order valence-corrected chi connectivity index (χ0v) is 22.2. The van der Waals surface area contributed by atoms with Crippen molar-refractivity contribution in [1.82, 2.24) is 32.0 Å². The number of hydrogen-bond acceptors (Lipinski definition) is 15. The Morgan fingerprint density at radius 2 is 1.30 bits per heavy atom. The molecule has 37 heavy (non-hydrogen) atoms. The van der Waals surface area contributed by atoms with Crippen LogP contribution in [0.2, 0.25) is 0 Å². The summed E-state index contributed by atoms with van der Waals surface area (Å²) in [5.41, 5.74) is 2.48. The van der Waals surface area contributed by atoms with Crippen LogP contribution in [0.5, 0.6) is 0 Å². The third-order valence-electron chi connectivity index (χ3n) is 7.76. The lowest BCUT2D eigenvalue weighted by atomic mass is 9.83. The zero-order chi connectivity index (χ0) is 27.3.